The number of ether oxygens (including phenoxy) is 2. The van der Waals surface area contributed by atoms with E-state index in [1.165, 1.54) is 12.1 Å². The Bertz CT molecular complexity index is 1350. The van der Waals surface area contributed by atoms with E-state index in [1.54, 1.807) is 42.5 Å². The molecule has 1 aromatic heterocycles. The Morgan fingerprint density at radius 1 is 0.871 bits per heavy atom. The summed E-state index contributed by atoms with van der Waals surface area (Å²) in [7, 11) is -3.83. The maximum atomic E-state index is 13.0. The van der Waals surface area contributed by atoms with Crippen molar-refractivity contribution in [1.29, 1.82) is 0 Å². The molecule has 2 heterocycles. The Kier molecular flexibility index (Phi) is 4.55. The van der Waals surface area contributed by atoms with Gasteiger partial charge >= 0.3 is 0 Å². The van der Waals surface area contributed by atoms with Gasteiger partial charge in [0.15, 0.2) is 11.5 Å². The molecular formula is C21H14FN3O5S. The van der Waals surface area contributed by atoms with Crippen molar-refractivity contribution in [1.82, 2.24) is 10.1 Å². The van der Waals surface area contributed by atoms with Gasteiger partial charge < -0.3 is 14.0 Å². The Labute approximate surface area is 176 Å². The van der Waals surface area contributed by atoms with E-state index in [2.05, 4.69) is 14.9 Å². The molecule has 0 spiro atoms. The van der Waals surface area contributed by atoms with Crippen molar-refractivity contribution in [2.75, 3.05) is 11.5 Å². The van der Waals surface area contributed by atoms with Crippen LogP contribution in [0.1, 0.15) is 0 Å². The highest BCUT2D eigenvalue weighted by atomic mass is 32.2. The second kappa shape index (κ2) is 7.40. The van der Waals surface area contributed by atoms with Crippen LogP contribution < -0.4 is 14.2 Å². The molecule has 0 radical (unpaired) electrons. The highest BCUT2D eigenvalue weighted by Crippen LogP contribution is 2.35. The first kappa shape index (κ1) is 19.1. The number of fused-ring (bicyclic) bond motifs is 1. The molecule has 10 heteroatoms. The van der Waals surface area contributed by atoms with Gasteiger partial charge in [-0.2, -0.15) is 4.98 Å². The summed E-state index contributed by atoms with van der Waals surface area (Å²) < 4.78 is 56.3. The normalized spacial score (nSPS) is 12.7. The molecule has 1 aliphatic heterocycles. The Morgan fingerprint density at radius 2 is 1.58 bits per heavy atom. The first-order valence-electron chi connectivity index (χ1n) is 9.10. The highest BCUT2D eigenvalue weighted by molar-refractivity contribution is 7.92. The van der Waals surface area contributed by atoms with E-state index in [1.807, 2.05) is 0 Å². The van der Waals surface area contributed by atoms with Gasteiger partial charge in [0.05, 0.1) is 4.90 Å². The number of rotatable bonds is 5. The number of anilines is 1. The van der Waals surface area contributed by atoms with Crippen LogP contribution in [0.25, 0.3) is 22.8 Å². The average Bonchev–Trinajstić information content (AvgIpc) is 3.43. The molecule has 3 aromatic carbocycles. The topological polar surface area (TPSA) is 104 Å². The van der Waals surface area contributed by atoms with Gasteiger partial charge in [0.25, 0.3) is 15.9 Å². The van der Waals surface area contributed by atoms with Gasteiger partial charge in [-0.1, -0.05) is 5.16 Å². The molecule has 5 rings (SSSR count). The maximum Gasteiger partial charge on any atom is 0.261 e. The number of halogens is 1. The lowest BCUT2D eigenvalue weighted by Gasteiger charge is -2.08. The average molecular weight is 439 g/mol. The zero-order chi connectivity index (χ0) is 21.4. The number of nitrogens with zero attached hydrogens (tertiary/aromatic N) is 2. The van der Waals surface area contributed by atoms with Gasteiger partial charge in [-0.3, -0.25) is 4.72 Å². The molecule has 0 fully saturated rings. The minimum absolute atomic E-state index is 0.0375. The van der Waals surface area contributed by atoms with Gasteiger partial charge in [-0.25, -0.2) is 12.8 Å². The van der Waals surface area contributed by atoms with Crippen molar-refractivity contribution in [2.24, 2.45) is 0 Å². The van der Waals surface area contributed by atoms with Crippen LogP contribution in [0.15, 0.2) is 76.1 Å². The molecule has 0 amide bonds. The summed E-state index contributed by atoms with van der Waals surface area (Å²) in [6, 6.07) is 16.4. The minimum Gasteiger partial charge on any atom is -0.454 e. The Morgan fingerprint density at radius 3 is 2.35 bits per heavy atom. The van der Waals surface area contributed by atoms with Crippen molar-refractivity contribution in [3.05, 3.63) is 72.5 Å². The van der Waals surface area contributed by atoms with Crippen molar-refractivity contribution < 1.29 is 26.8 Å². The molecule has 0 atom stereocenters. The molecule has 31 heavy (non-hydrogen) atoms. The molecule has 0 saturated heterocycles. The number of sulfonamides is 1. The second-order valence-electron chi connectivity index (χ2n) is 6.63. The summed E-state index contributed by atoms with van der Waals surface area (Å²) >= 11 is 0. The van der Waals surface area contributed by atoms with E-state index in [9.17, 15) is 12.8 Å². The van der Waals surface area contributed by atoms with Crippen LogP contribution in [0, 0.1) is 5.82 Å². The first-order valence-corrected chi connectivity index (χ1v) is 10.6. The number of hydrogen-bond acceptors (Lipinski definition) is 7. The first-order chi connectivity index (χ1) is 15.0. The maximum absolute atomic E-state index is 13.0. The van der Waals surface area contributed by atoms with E-state index in [4.69, 9.17) is 14.0 Å². The molecule has 1 N–H and O–H groups in total. The van der Waals surface area contributed by atoms with Crippen LogP contribution in [0.4, 0.5) is 10.1 Å². The summed E-state index contributed by atoms with van der Waals surface area (Å²) in [5.41, 5.74) is 1.67. The molecule has 8 nitrogen and oxygen atoms in total. The predicted octanol–water partition coefficient (Wildman–Crippen LogP) is 4.07. The Balaban J connectivity index is 1.34. The number of benzene rings is 3. The summed E-state index contributed by atoms with van der Waals surface area (Å²) in [5.74, 6) is 1.41. The van der Waals surface area contributed by atoms with Crippen LogP contribution in [-0.4, -0.2) is 25.4 Å². The fourth-order valence-corrected chi connectivity index (χ4v) is 4.06. The largest absolute Gasteiger partial charge is 0.454 e. The Hall–Kier alpha value is -3.92. The lowest BCUT2D eigenvalue weighted by molar-refractivity contribution is 0.174. The van der Waals surface area contributed by atoms with E-state index < -0.39 is 15.8 Å². The molecular weight excluding hydrogens is 425 g/mol. The van der Waals surface area contributed by atoms with Crippen LogP contribution in [0.5, 0.6) is 11.5 Å². The molecule has 156 valence electrons. The SMILES string of the molecule is O=S(=O)(Nc1ccc(-c2noc(-c3ccc4c(c3)OCO4)n2)cc1)c1ccc(F)cc1. The zero-order valence-electron chi connectivity index (χ0n) is 15.8. The quantitative estimate of drug-likeness (QED) is 0.500. The van der Waals surface area contributed by atoms with E-state index in [0.29, 0.717) is 40.0 Å². The van der Waals surface area contributed by atoms with Crippen LogP contribution >= 0.6 is 0 Å². The third-order valence-electron chi connectivity index (χ3n) is 4.56. The van der Waals surface area contributed by atoms with Crippen LogP contribution in [0.2, 0.25) is 0 Å². The highest BCUT2D eigenvalue weighted by Gasteiger charge is 2.18. The molecule has 0 bridgehead atoms. The third-order valence-corrected chi connectivity index (χ3v) is 5.96. The number of aromatic nitrogens is 2. The summed E-state index contributed by atoms with van der Waals surface area (Å²) in [6.07, 6.45) is 0. The monoisotopic (exact) mass is 439 g/mol. The molecule has 0 saturated carbocycles. The van der Waals surface area contributed by atoms with E-state index in [0.717, 1.165) is 12.1 Å². The summed E-state index contributed by atoms with van der Waals surface area (Å²) in [5, 5.41) is 3.98. The zero-order valence-corrected chi connectivity index (χ0v) is 16.6. The fraction of sp³-hybridized carbons (Fsp3) is 0.0476. The van der Waals surface area contributed by atoms with Crippen molar-refractivity contribution in [3.8, 4) is 34.3 Å². The van der Waals surface area contributed by atoms with Gasteiger partial charge in [-0.15, -0.1) is 0 Å². The molecule has 1 aliphatic rings. The van der Waals surface area contributed by atoms with E-state index >= 15 is 0 Å². The fourth-order valence-electron chi connectivity index (χ4n) is 3.00. The number of nitrogens with one attached hydrogen (secondary N) is 1. The van der Waals surface area contributed by atoms with Crippen molar-refractivity contribution >= 4 is 15.7 Å². The summed E-state index contributed by atoms with van der Waals surface area (Å²) in [4.78, 5) is 4.35. The second-order valence-corrected chi connectivity index (χ2v) is 8.31. The predicted molar refractivity (Wildman–Crippen MR) is 109 cm³/mol. The van der Waals surface area contributed by atoms with Crippen molar-refractivity contribution in [3.63, 3.8) is 0 Å². The number of hydrogen-bond donors (Lipinski definition) is 1. The summed E-state index contributed by atoms with van der Waals surface area (Å²) in [6.45, 7) is 0.172. The van der Waals surface area contributed by atoms with Gasteiger partial charge in [-0.05, 0) is 66.7 Å². The van der Waals surface area contributed by atoms with Gasteiger partial charge in [0.1, 0.15) is 5.82 Å². The standard InChI is InChI=1S/C21H14FN3O5S/c22-15-4-8-17(9-5-15)31(26,27)25-16-6-1-13(2-7-16)20-23-21(30-24-20)14-3-10-18-19(11-14)29-12-28-18/h1-11,25H,12H2. The molecule has 0 unspecified atom stereocenters. The minimum atomic E-state index is -3.83. The van der Waals surface area contributed by atoms with Gasteiger partial charge in [0.2, 0.25) is 12.6 Å². The van der Waals surface area contributed by atoms with Crippen molar-refractivity contribution in [2.45, 2.75) is 4.90 Å². The third kappa shape index (κ3) is 3.80. The molecule has 0 aliphatic carbocycles. The van der Waals surface area contributed by atoms with E-state index in [-0.39, 0.29) is 11.7 Å². The molecule has 4 aromatic rings. The lowest BCUT2D eigenvalue weighted by atomic mass is 10.2. The smallest absolute Gasteiger partial charge is 0.261 e. The van der Waals surface area contributed by atoms with Crippen LogP contribution in [0.3, 0.4) is 0 Å². The lowest BCUT2D eigenvalue weighted by Crippen LogP contribution is -2.12. The van der Waals surface area contributed by atoms with Crippen LogP contribution in [-0.2, 0) is 10.0 Å². The van der Waals surface area contributed by atoms with Gasteiger partial charge in [0, 0.05) is 16.8 Å².